The molecule has 0 saturated carbocycles. The van der Waals surface area contributed by atoms with E-state index >= 15 is 0 Å². The lowest BCUT2D eigenvalue weighted by atomic mass is 10.1. The number of carbonyl (C=O) groups excluding carboxylic acids is 1. The zero-order valence-corrected chi connectivity index (χ0v) is 17.1. The number of halogens is 1. The number of aryl methyl sites for hydroxylation is 2. The van der Waals surface area contributed by atoms with Gasteiger partial charge in [-0.25, -0.2) is 13.8 Å². The number of hydrogen-bond acceptors (Lipinski definition) is 4. The van der Waals surface area contributed by atoms with Crippen LogP contribution in [0.1, 0.15) is 16.7 Å². The molecule has 0 unspecified atom stereocenters. The predicted molar refractivity (Wildman–Crippen MR) is 108 cm³/mol. The molecule has 0 spiro atoms. The van der Waals surface area contributed by atoms with Crippen LogP contribution in [0.3, 0.4) is 0 Å². The highest BCUT2D eigenvalue weighted by molar-refractivity contribution is 9.10. The van der Waals surface area contributed by atoms with Crippen molar-refractivity contribution in [3.05, 3.63) is 63.6 Å². The van der Waals surface area contributed by atoms with Gasteiger partial charge in [-0.1, -0.05) is 52.3 Å². The van der Waals surface area contributed by atoms with Crippen LogP contribution in [0.25, 0.3) is 0 Å². The van der Waals surface area contributed by atoms with Crippen molar-refractivity contribution in [2.45, 2.75) is 13.8 Å². The maximum atomic E-state index is 12.2. The molecule has 0 bridgehead atoms. The normalized spacial score (nSPS) is 11.5. The van der Waals surface area contributed by atoms with Crippen LogP contribution in [-0.2, 0) is 14.8 Å². The van der Waals surface area contributed by atoms with Crippen LogP contribution in [0.5, 0.6) is 0 Å². The van der Waals surface area contributed by atoms with Crippen molar-refractivity contribution in [2.24, 2.45) is 5.10 Å². The lowest BCUT2D eigenvalue weighted by molar-refractivity contribution is -0.119. The van der Waals surface area contributed by atoms with Crippen molar-refractivity contribution in [3.63, 3.8) is 0 Å². The topological polar surface area (TPSA) is 78.8 Å². The molecule has 0 aliphatic rings. The van der Waals surface area contributed by atoms with E-state index in [4.69, 9.17) is 0 Å². The summed E-state index contributed by atoms with van der Waals surface area (Å²) >= 11 is 3.38. The van der Waals surface area contributed by atoms with Crippen LogP contribution in [0, 0.1) is 13.8 Å². The third kappa shape index (κ3) is 5.15. The van der Waals surface area contributed by atoms with Crippen LogP contribution in [0.2, 0.25) is 0 Å². The monoisotopic (exact) mass is 437 g/mol. The zero-order chi connectivity index (χ0) is 19.3. The second-order valence-corrected chi connectivity index (χ2v) is 8.59. The van der Waals surface area contributed by atoms with Gasteiger partial charge in [0.2, 0.25) is 10.0 Å². The number of sulfonamides is 1. The van der Waals surface area contributed by atoms with E-state index in [0.29, 0.717) is 5.69 Å². The Balaban J connectivity index is 2.17. The van der Waals surface area contributed by atoms with Crippen molar-refractivity contribution < 1.29 is 13.2 Å². The van der Waals surface area contributed by atoms with E-state index in [1.54, 1.807) is 0 Å². The number of rotatable bonds is 6. The van der Waals surface area contributed by atoms with Crippen molar-refractivity contribution in [1.82, 2.24) is 5.43 Å². The first kappa shape index (κ1) is 20.1. The van der Waals surface area contributed by atoms with Gasteiger partial charge in [-0.15, -0.1) is 0 Å². The molecule has 1 N–H and O–H groups in total. The summed E-state index contributed by atoms with van der Waals surface area (Å²) in [6, 6.07) is 12.9. The lowest BCUT2D eigenvalue weighted by Crippen LogP contribution is -2.39. The fourth-order valence-electron chi connectivity index (χ4n) is 2.48. The summed E-state index contributed by atoms with van der Waals surface area (Å²) < 4.78 is 26.4. The highest BCUT2D eigenvalue weighted by Crippen LogP contribution is 2.26. The number of para-hydroxylation sites is 1. The van der Waals surface area contributed by atoms with Crippen LogP contribution in [-0.4, -0.2) is 33.3 Å². The van der Waals surface area contributed by atoms with E-state index in [2.05, 4.69) is 26.5 Å². The van der Waals surface area contributed by atoms with Gasteiger partial charge in [0.25, 0.3) is 5.91 Å². The number of hydrazone groups is 1. The first-order valence-electron chi connectivity index (χ1n) is 7.80. The average Bonchev–Trinajstić information content (AvgIpc) is 2.54. The molecule has 0 aliphatic heterocycles. The van der Waals surface area contributed by atoms with Crippen molar-refractivity contribution in [2.75, 3.05) is 17.1 Å². The number of anilines is 1. The van der Waals surface area contributed by atoms with E-state index in [0.717, 1.165) is 31.7 Å². The second kappa shape index (κ2) is 8.46. The summed E-state index contributed by atoms with van der Waals surface area (Å²) in [5, 5.41) is 3.90. The molecule has 26 heavy (non-hydrogen) atoms. The molecule has 2 rings (SSSR count). The van der Waals surface area contributed by atoms with Gasteiger partial charge in [0.15, 0.2) is 0 Å². The number of hydrogen-bond donors (Lipinski definition) is 1. The van der Waals surface area contributed by atoms with Gasteiger partial charge in [-0.05, 0) is 31.0 Å². The van der Waals surface area contributed by atoms with Gasteiger partial charge in [-0.2, -0.15) is 5.10 Å². The molecule has 0 fully saturated rings. The molecule has 0 saturated heterocycles. The first-order chi connectivity index (χ1) is 12.2. The molecule has 6 nitrogen and oxygen atoms in total. The van der Waals surface area contributed by atoms with E-state index < -0.39 is 15.9 Å². The Bertz CT molecular complexity index is 922. The van der Waals surface area contributed by atoms with E-state index in [1.807, 2.05) is 56.3 Å². The summed E-state index contributed by atoms with van der Waals surface area (Å²) in [6.45, 7) is 3.27. The molecule has 0 radical (unpaired) electrons. The quantitative estimate of drug-likeness (QED) is 0.557. The fraction of sp³-hybridized carbons (Fsp3) is 0.222. The number of amides is 1. The zero-order valence-electron chi connectivity index (χ0n) is 14.7. The first-order valence-corrected chi connectivity index (χ1v) is 10.4. The van der Waals surface area contributed by atoms with Crippen LogP contribution in [0.4, 0.5) is 5.69 Å². The second-order valence-electron chi connectivity index (χ2n) is 5.82. The van der Waals surface area contributed by atoms with Gasteiger partial charge >= 0.3 is 0 Å². The average molecular weight is 438 g/mol. The summed E-state index contributed by atoms with van der Waals surface area (Å²) in [4.78, 5) is 12.2. The van der Waals surface area contributed by atoms with Crippen LogP contribution < -0.4 is 9.73 Å². The molecular formula is C18H20BrN3O3S. The molecule has 138 valence electrons. The number of carbonyl (C=O) groups is 1. The van der Waals surface area contributed by atoms with E-state index in [1.165, 1.54) is 6.21 Å². The number of benzene rings is 2. The van der Waals surface area contributed by atoms with Crippen molar-refractivity contribution >= 4 is 43.8 Å². The lowest BCUT2D eigenvalue weighted by Gasteiger charge is -2.25. The molecule has 2 aromatic rings. The minimum atomic E-state index is -3.63. The standard InChI is InChI=1S/C18H20BrN3O3S/c1-13-7-6-8-14(2)18(13)22(26(3,24)25)12-17(23)21-20-11-15-9-4-5-10-16(15)19/h4-11H,12H2,1-3H3,(H,21,23)/b20-11-. The predicted octanol–water partition coefficient (Wildman–Crippen LogP) is 2.98. The number of nitrogens with one attached hydrogen (secondary N) is 1. The van der Waals surface area contributed by atoms with Crippen molar-refractivity contribution in [1.29, 1.82) is 0 Å². The summed E-state index contributed by atoms with van der Waals surface area (Å²) in [7, 11) is -3.63. The maximum Gasteiger partial charge on any atom is 0.260 e. The maximum absolute atomic E-state index is 12.2. The van der Waals surface area contributed by atoms with E-state index in [-0.39, 0.29) is 6.54 Å². The summed E-state index contributed by atoms with van der Waals surface area (Å²) in [6.07, 6.45) is 2.57. The Labute approximate surface area is 162 Å². The van der Waals surface area contributed by atoms with Crippen LogP contribution in [0.15, 0.2) is 52.0 Å². The molecular weight excluding hydrogens is 418 g/mol. The summed E-state index contributed by atoms with van der Waals surface area (Å²) in [5.41, 5.74) is 5.24. The van der Waals surface area contributed by atoms with E-state index in [9.17, 15) is 13.2 Å². The Hall–Kier alpha value is -2.19. The highest BCUT2D eigenvalue weighted by Gasteiger charge is 2.23. The molecule has 0 aromatic heterocycles. The summed E-state index contributed by atoms with van der Waals surface area (Å²) in [5.74, 6) is -0.526. The van der Waals surface area contributed by atoms with Gasteiger partial charge < -0.3 is 0 Å². The molecule has 0 heterocycles. The molecule has 0 aliphatic carbocycles. The van der Waals surface area contributed by atoms with Gasteiger partial charge in [0, 0.05) is 10.0 Å². The number of nitrogens with zero attached hydrogens (tertiary/aromatic N) is 2. The van der Waals surface area contributed by atoms with Gasteiger partial charge in [0.1, 0.15) is 6.54 Å². The Morgan fingerprint density at radius 2 is 1.77 bits per heavy atom. The molecule has 1 amide bonds. The fourth-order valence-corrected chi connectivity index (χ4v) is 3.84. The molecule has 0 atom stereocenters. The third-order valence-electron chi connectivity index (χ3n) is 3.67. The van der Waals surface area contributed by atoms with Gasteiger partial charge in [0.05, 0.1) is 18.2 Å². The SMILES string of the molecule is Cc1cccc(C)c1N(CC(=O)N/N=C\c1ccccc1Br)S(C)(=O)=O. The van der Waals surface area contributed by atoms with Crippen LogP contribution >= 0.6 is 15.9 Å². The Morgan fingerprint density at radius 1 is 1.15 bits per heavy atom. The van der Waals surface area contributed by atoms with Crippen molar-refractivity contribution in [3.8, 4) is 0 Å². The highest BCUT2D eigenvalue weighted by atomic mass is 79.9. The molecule has 8 heteroatoms. The largest absolute Gasteiger partial charge is 0.271 e. The Morgan fingerprint density at radius 3 is 2.35 bits per heavy atom. The molecule has 2 aromatic carbocycles. The minimum Gasteiger partial charge on any atom is -0.271 e. The third-order valence-corrected chi connectivity index (χ3v) is 5.51. The minimum absolute atomic E-state index is 0.349. The smallest absolute Gasteiger partial charge is 0.260 e. The Kier molecular flexibility index (Phi) is 6.55. The van der Waals surface area contributed by atoms with Gasteiger partial charge in [-0.3, -0.25) is 9.10 Å².